The minimum absolute atomic E-state index is 0.0523. The van der Waals surface area contributed by atoms with Crippen molar-refractivity contribution in [2.24, 2.45) is 0 Å². The Hall–Kier alpha value is -0.350. The number of methoxy groups -OCH3 is 2. The van der Waals surface area contributed by atoms with Gasteiger partial charge in [-0.2, -0.15) is 0 Å². The fourth-order valence-corrected chi connectivity index (χ4v) is 2.06. The summed E-state index contributed by atoms with van der Waals surface area (Å²) in [5, 5.41) is 0.201. The third kappa shape index (κ3) is 1.64. The van der Waals surface area contributed by atoms with Gasteiger partial charge in [-0.1, -0.05) is 23.2 Å². The van der Waals surface area contributed by atoms with Crippen LogP contribution in [0.1, 0.15) is 13.8 Å². The first-order chi connectivity index (χ1) is 6.92. The number of carbonyl (C=O) groups excluding carboxylic acids is 1. The van der Waals surface area contributed by atoms with Gasteiger partial charge < -0.3 is 9.47 Å². The average molecular weight is 251 g/mol. The van der Waals surface area contributed by atoms with Gasteiger partial charge in [-0.15, -0.1) is 0 Å². The zero-order valence-corrected chi connectivity index (χ0v) is 10.5. The van der Waals surface area contributed by atoms with Gasteiger partial charge in [-0.25, -0.2) is 0 Å². The lowest BCUT2D eigenvalue weighted by atomic mass is 9.92. The summed E-state index contributed by atoms with van der Waals surface area (Å²) in [6.45, 7) is 3.49. The fourth-order valence-electron chi connectivity index (χ4n) is 1.57. The monoisotopic (exact) mass is 250 g/mol. The number of carbonyl (C=O) groups is 1. The van der Waals surface area contributed by atoms with Crippen molar-refractivity contribution in [1.29, 1.82) is 0 Å². The van der Waals surface area contributed by atoms with Crippen molar-refractivity contribution in [3.05, 3.63) is 21.2 Å². The van der Waals surface area contributed by atoms with E-state index in [1.165, 1.54) is 14.2 Å². The van der Waals surface area contributed by atoms with Gasteiger partial charge >= 0.3 is 0 Å². The lowest BCUT2D eigenvalue weighted by Gasteiger charge is -2.34. The molecule has 0 fully saturated rings. The summed E-state index contributed by atoms with van der Waals surface area (Å²) in [6, 6.07) is 0. The van der Waals surface area contributed by atoms with Crippen LogP contribution in [0, 0.1) is 0 Å². The summed E-state index contributed by atoms with van der Waals surface area (Å²) >= 11 is 11.7. The molecule has 0 bridgehead atoms. The highest BCUT2D eigenvalue weighted by molar-refractivity contribution is 6.51. The van der Waals surface area contributed by atoms with E-state index in [9.17, 15) is 4.79 Å². The van der Waals surface area contributed by atoms with E-state index in [1.807, 2.05) is 0 Å². The van der Waals surface area contributed by atoms with Crippen molar-refractivity contribution in [2.75, 3.05) is 14.2 Å². The molecule has 0 saturated carbocycles. The quantitative estimate of drug-likeness (QED) is 0.707. The molecule has 1 aliphatic carbocycles. The lowest BCUT2D eigenvalue weighted by molar-refractivity contribution is -0.186. The Morgan fingerprint density at radius 3 is 1.93 bits per heavy atom. The van der Waals surface area contributed by atoms with Crippen LogP contribution in [0.3, 0.4) is 0 Å². The van der Waals surface area contributed by atoms with E-state index in [0.29, 0.717) is 11.1 Å². The van der Waals surface area contributed by atoms with Gasteiger partial charge in [0, 0.05) is 14.2 Å². The molecule has 0 radical (unpaired) electrons. The average Bonchev–Trinajstić information content (AvgIpc) is 2.26. The third-order valence-corrected chi connectivity index (χ3v) is 3.58. The van der Waals surface area contributed by atoms with Crippen molar-refractivity contribution in [1.82, 2.24) is 0 Å². The molecule has 0 N–H and O–H groups in total. The van der Waals surface area contributed by atoms with E-state index in [-0.39, 0.29) is 10.1 Å². The molecular formula is C10H12Cl2O3. The maximum Gasteiger partial charge on any atom is 0.257 e. The van der Waals surface area contributed by atoms with Crippen molar-refractivity contribution in [2.45, 2.75) is 19.6 Å². The molecule has 15 heavy (non-hydrogen) atoms. The molecule has 0 atom stereocenters. The van der Waals surface area contributed by atoms with Crippen LogP contribution in [0.2, 0.25) is 0 Å². The summed E-state index contributed by atoms with van der Waals surface area (Å²) < 4.78 is 10.3. The standard InChI is InChI=1S/C10H12Cl2O3/c1-5-6(2)10(14-3,15-4)9(13)8(12)7(5)11/h1-4H3. The molecule has 1 rings (SSSR count). The lowest BCUT2D eigenvalue weighted by Crippen LogP contribution is -2.46. The Morgan fingerprint density at radius 1 is 1.07 bits per heavy atom. The maximum absolute atomic E-state index is 11.9. The van der Waals surface area contributed by atoms with Gasteiger partial charge in [0.15, 0.2) is 0 Å². The predicted molar refractivity (Wildman–Crippen MR) is 58.9 cm³/mol. The summed E-state index contributed by atoms with van der Waals surface area (Å²) in [5.41, 5.74) is 1.32. The van der Waals surface area contributed by atoms with Gasteiger partial charge in [0.25, 0.3) is 5.79 Å². The first-order valence-corrected chi connectivity index (χ1v) is 5.06. The molecule has 5 heteroatoms. The SMILES string of the molecule is COC1(OC)C(=O)C(Cl)=C(Cl)C(C)=C1C. The van der Waals surface area contributed by atoms with Crippen molar-refractivity contribution >= 4 is 29.0 Å². The van der Waals surface area contributed by atoms with Crippen LogP contribution >= 0.6 is 23.2 Å². The van der Waals surface area contributed by atoms with E-state index in [4.69, 9.17) is 32.7 Å². The van der Waals surface area contributed by atoms with Gasteiger partial charge in [-0.3, -0.25) is 4.79 Å². The predicted octanol–water partition coefficient (Wildman–Crippen LogP) is 2.58. The number of hydrogen-bond acceptors (Lipinski definition) is 3. The van der Waals surface area contributed by atoms with Crippen LogP contribution < -0.4 is 0 Å². The molecule has 84 valence electrons. The van der Waals surface area contributed by atoms with Crippen molar-refractivity contribution < 1.29 is 14.3 Å². The molecule has 0 unspecified atom stereocenters. The number of halogens is 2. The van der Waals surface area contributed by atoms with E-state index in [0.717, 1.165) is 0 Å². The molecule has 0 heterocycles. The number of allylic oxidation sites excluding steroid dienone is 2. The van der Waals surface area contributed by atoms with E-state index in [1.54, 1.807) is 13.8 Å². The number of hydrogen-bond donors (Lipinski definition) is 0. The molecule has 0 aromatic heterocycles. The van der Waals surface area contributed by atoms with Gasteiger partial charge in [0.1, 0.15) is 5.03 Å². The molecule has 1 aliphatic rings. The van der Waals surface area contributed by atoms with Gasteiger partial charge in [0.2, 0.25) is 5.78 Å². The Labute approximate surface area is 98.6 Å². The Balaban J connectivity index is 3.44. The maximum atomic E-state index is 11.9. The third-order valence-electron chi connectivity index (χ3n) is 2.65. The molecule has 0 aromatic rings. The minimum atomic E-state index is -1.43. The van der Waals surface area contributed by atoms with Crippen LogP contribution in [0.25, 0.3) is 0 Å². The topological polar surface area (TPSA) is 35.5 Å². The largest absolute Gasteiger partial charge is 0.343 e. The first kappa shape index (κ1) is 12.7. The smallest absolute Gasteiger partial charge is 0.257 e. The molecular weight excluding hydrogens is 239 g/mol. The number of Topliss-reactive ketones (excluding diaryl/α,β-unsaturated/α-hetero) is 1. The van der Waals surface area contributed by atoms with Gasteiger partial charge in [-0.05, 0) is 25.0 Å². The molecule has 0 amide bonds. The minimum Gasteiger partial charge on any atom is -0.343 e. The second-order valence-electron chi connectivity index (χ2n) is 3.23. The highest BCUT2D eigenvalue weighted by atomic mass is 35.5. The molecule has 0 aliphatic heterocycles. The Kier molecular flexibility index (Phi) is 3.61. The van der Waals surface area contributed by atoms with Crippen LogP contribution in [-0.4, -0.2) is 25.8 Å². The van der Waals surface area contributed by atoms with Crippen LogP contribution in [0.15, 0.2) is 21.2 Å². The van der Waals surface area contributed by atoms with Crippen LogP contribution in [0.5, 0.6) is 0 Å². The molecule has 3 nitrogen and oxygen atoms in total. The Bertz CT molecular complexity index is 365. The summed E-state index contributed by atoms with van der Waals surface area (Å²) in [7, 11) is 2.78. The molecule has 0 spiro atoms. The second kappa shape index (κ2) is 4.26. The van der Waals surface area contributed by atoms with E-state index in [2.05, 4.69) is 0 Å². The van der Waals surface area contributed by atoms with E-state index < -0.39 is 11.6 Å². The Morgan fingerprint density at radius 2 is 1.53 bits per heavy atom. The fraction of sp³-hybridized carbons (Fsp3) is 0.500. The van der Waals surface area contributed by atoms with Crippen LogP contribution in [-0.2, 0) is 14.3 Å². The first-order valence-electron chi connectivity index (χ1n) is 4.31. The molecule has 0 saturated heterocycles. The van der Waals surface area contributed by atoms with E-state index >= 15 is 0 Å². The normalized spacial score (nSPS) is 21.3. The second-order valence-corrected chi connectivity index (χ2v) is 3.99. The number of rotatable bonds is 2. The number of ether oxygens (including phenoxy) is 2. The van der Waals surface area contributed by atoms with Gasteiger partial charge in [0.05, 0.1) is 5.03 Å². The summed E-state index contributed by atoms with van der Waals surface area (Å²) in [4.78, 5) is 11.9. The number of ketones is 1. The summed E-state index contributed by atoms with van der Waals surface area (Å²) in [6.07, 6.45) is 0. The summed E-state index contributed by atoms with van der Waals surface area (Å²) in [5.74, 6) is -1.90. The highest BCUT2D eigenvalue weighted by Gasteiger charge is 2.47. The molecule has 0 aromatic carbocycles. The van der Waals surface area contributed by atoms with Crippen molar-refractivity contribution in [3.8, 4) is 0 Å². The zero-order chi connectivity index (χ0) is 11.8. The van der Waals surface area contributed by atoms with Crippen molar-refractivity contribution in [3.63, 3.8) is 0 Å². The zero-order valence-electron chi connectivity index (χ0n) is 8.98. The highest BCUT2D eigenvalue weighted by Crippen LogP contribution is 2.40. The van der Waals surface area contributed by atoms with Crippen LogP contribution in [0.4, 0.5) is 0 Å².